The maximum absolute atomic E-state index is 4.06. The van der Waals surface area contributed by atoms with Gasteiger partial charge < -0.3 is 5.43 Å². The molecule has 4 nitrogen and oxygen atoms in total. The third-order valence-corrected chi connectivity index (χ3v) is 4.75. The maximum atomic E-state index is 4.06. The Morgan fingerprint density at radius 3 is 3.22 bits per heavy atom. The zero-order valence-corrected chi connectivity index (χ0v) is 10.8. The Bertz CT molecular complexity index is 592. The molecule has 2 aromatic rings. The van der Waals surface area contributed by atoms with Crippen molar-refractivity contribution in [2.45, 2.75) is 30.5 Å². The molecular weight excluding hydrogens is 244 g/mol. The summed E-state index contributed by atoms with van der Waals surface area (Å²) in [5.74, 6) is 1.01. The van der Waals surface area contributed by atoms with E-state index in [4.69, 9.17) is 0 Å². The molecule has 0 bridgehead atoms. The minimum Gasteiger partial charge on any atom is -0.314 e. The van der Waals surface area contributed by atoms with E-state index in [1.165, 1.54) is 36.0 Å². The van der Waals surface area contributed by atoms with Gasteiger partial charge in [0.2, 0.25) is 5.16 Å². The van der Waals surface area contributed by atoms with E-state index in [0.717, 1.165) is 10.9 Å². The van der Waals surface area contributed by atoms with Gasteiger partial charge in [-0.05, 0) is 36.0 Å². The molecule has 0 fully saturated rings. The van der Waals surface area contributed by atoms with Crippen LogP contribution >= 0.6 is 11.8 Å². The Morgan fingerprint density at radius 1 is 1.28 bits per heavy atom. The van der Waals surface area contributed by atoms with Crippen molar-refractivity contribution in [3.05, 3.63) is 41.2 Å². The Labute approximate surface area is 110 Å². The van der Waals surface area contributed by atoms with Crippen LogP contribution in [0, 0.1) is 0 Å². The van der Waals surface area contributed by atoms with Crippen LogP contribution in [0.1, 0.15) is 29.2 Å². The predicted molar refractivity (Wildman–Crippen MR) is 71.3 cm³/mol. The average Bonchev–Trinajstić information content (AvgIpc) is 3.05. The van der Waals surface area contributed by atoms with Crippen molar-refractivity contribution in [3.63, 3.8) is 0 Å². The first-order chi connectivity index (χ1) is 8.90. The van der Waals surface area contributed by atoms with Crippen LogP contribution < -0.4 is 5.43 Å². The van der Waals surface area contributed by atoms with E-state index in [2.05, 4.69) is 33.8 Å². The quantitative estimate of drug-likeness (QED) is 0.851. The van der Waals surface area contributed by atoms with Crippen LogP contribution in [-0.4, -0.2) is 20.6 Å². The van der Waals surface area contributed by atoms with Gasteiger partial charge in [-0.2, -0.15) is 0 Å². The molecule has 1 aliphatic heterocycles. The summed E-state index contributed by atoms with van der Waals surface area (Å²) in [7, 11) is 0. The van der Waals surface area contributed by atoms with E-state index in [9.17, 15) is 0 Å². The highest BCUT2D eigenvalue weighted by Gasteiger charge is 2.22. The lowest BCUT2D eigenvalue weighted by molar-refractivity contribution is 0.658. The van der Waals surface area contributed by atoms with Crippen LogP contribution in [-0.2, 0) is 12.8 Å². The predicted octanol–water partition coefficient (Wildman–Crippen LogP) is 2.16. The first-order valence-corrected chi connectivity index (χ1v) is 7.30. The number of nitrogens with one attached hydrogen (secondary N) is 1. The molecule has 0 radical (unpaired) electrons. The first kappa shape index (κ1) is 10.4. The molecule has 1 aromatic carbocycles. The van der Waals surface area contributed by atoms with E-state index in [1.54, 1.807) is 18.1 Å². The molecule has 5 heteroatoms. The van der Waals surface area contributed by atoms with Crippen LogP contribution in [0.3, 0.4) is 0 Å². The molecule has 1 unspecified atom stereocenters. The summed E-state index contributed by atoms with van der Waals surface area (Å²) in [6, 6.07) is 7.28. The second kappa shape index (κ2) is 4.02. The fraction of sp³-hybridized carbons (Fsp3) is 0.385. The van der Waals surface area contributed by atoms with Gasteiger partial charge in [0, 0.05) is 5.75 Å². The Morgan fingerprint density at radius 2 is 2.22 bits per heavy atom. The molecule has 1 N–H and O–H groups in total. The van der Waals surface area contributed by atoms with Crippen molar-refractivity contribution in [2.75, 3.05) is 11.2 Å². The number of benzene rings is 1. The van der Waals surface area contributed by atoms with Crippen LogP contribution in [0.25, 0.3) is 0 Å². The molecule has 0 spiro atoms. The molecule has 1 atom stereocenters. The number of hydrogen-bond donors (Lipinski definition) is 1. The summed E-state index contributed by atoms with van der Waals surface area (Å²) >= 11 is 1.76. The molecule has 0 saturated heterocycles. The topological polar surface area (TPSA) is 42.7 Å². The van der Waals surface area contributed by atoms with Crippen molar-refractivity contribution in [3.8, 4) is 0 Å². The van der Waals surface area contributed by atoms with Crippen LogP contribution in [0.2, 0.25) is 0 Å². The van der Waals surface area contributed by atoms with Gasteiger partial charge in [0.25, 0.3) is 0 Å². The van der Waals surface area contributed by atoms with Crippen molar-refractivity contribution >= 4 is 11.8 Å². The smallest absolute Gasteiger partial charge is 0.209 e. The van der Waals surface area contributed by atoms with Crippen LogP contribution in [0.15, 0.2) is 29.7 Å². The van der Waals surface area contributed by atoms with E-state index in [0.29, 0.717) is 6.04 Å². The molecule has 2 aliphatic rings. The van der Waals surface area contributed by atoms with Crippen molar-refractivity contribution in [2.24, 2.45) is 0 Å². The lowest BCUT2D eigenvalue weighted by atomic mass is 10.0. The van der Waals surface area contributed by atoms with Gasteiger partial charge in [0.1, 0.15) is 6.33 Å². The Hall–Kier alpha value is -1.49. The second-order valence-corrected chi connectivity index (χ2v) is 5.85. The minimum absolute atomic E-state index is 0.351. The molecule has 18 heavy (non-hydrogen) atoms. The average molecular weight is 258 g/mol. The summed E-state index contributed by atoms with van der Waals surface area (Å²) in [6.07, 6.45) is 5.53. The second-order valence-electron chi connectivity index (χ2n) is 4.86. The first-order valence-electron chi connectivity index (χ1n) is 6.31. The van der Waals surface area contributed by atoms with Gasteiger partial charge in [-0.1, -0.05) is 30.0 Å². The van der Waals surface area contributed by atoms with Gasteiger partial charge in [-0.3, -0.25) is 0 Å². The lowest BCUT2D eigenvalue weighted by Gasteiger charge is -2.25. The molecule has 1 aromatic heterocycles. The summed E-state index contributed by atoms with van der Waals surface area (Å²) in [6.45, 7) is 0. The largest absolute Gasteiger partial charge is 0.314 e. The Balaban J connectivity index is 1.65. The molecule has 0 saturated carbocycles. The van der Waals surface area contributed by atoms with Gasteiger partial charge in [-0.15, -0.1) is 10.2 Å². The van der Waals surface area contributed by atoms with E-state index >= 15 is 0 Å². The third kappa shape index (κ3) is 1.61. The highest BCUT2D eigenvalue weighted by molar-refractivity contribution is 7.99. The fourth-order valence-electron chi connectivity index (χ4n) is 2.75. The Kier molecular flexibility index (Phi) is 2.33. The standard InChI is InChI=1S/C13H14N4S/c1-2-9-4-5-11(6-10(9)3-1)12-7-18-13-15-14-8-17(13)16-12/h4-6,8,12,16H,1-3,7H2. The van der Waals surface area contributed by atoms with Crippen molar-refractivity contribution < 1.29 is 0 Å². The van der Waals surface area contributed by atoms with Gasteiger partial charge >= 0.3 is 0 Å². The lowest BCUT2D eigenvalue weighted by Crippen LogP contribution is -2.27. The molecule has 92 valence electrons. The summed E-state index contributed by atoms with van der Waals surface area (Å²) in [5, 5.41) is 8.93. The van der Waals surface area contributed by atoms with E-state index in [1.807, 2.05) is 4.68 Å². The van der Waals surface area contributed by atoms with Crippen LogP contribution in [0.5, 0.6) is 0 Å². The molecule has 2 heterocycles. The zero-order chi connectivity index (χ0) is 11.9. The number of thioether (sulfide) groups is 1. The van der Waals surface area contributed by atoms with Crippen molar-refractivity contribution in [1.82, 2.24) is 14.9 Å². The van der Waals surface area contributed by atoms with Crippen molar-refractivity contribution in [1.29, 1.82) is 0 Å². The number of aromatic nitrogens is 3. The number of aryl methyl sites for hydroxylation is 2. The van der Waals surface area contributed by atoms with Gasteiger partial charge in [-0.25, -0.2) is 4.68 Å². The summed E-state index contributed by atoms with van der Waals surface area (Å²) in [5.41, 5.74) is 7.90. The number of hydrogen-bond acceptors (Lipinski definition) is 4. The minimum atomic E-state index is 0.351. The third-order valence-electron chi connectivity index (χ3n) is 3.72. The molecule has 0 amide bonds. The van der Waals surface area contributed by atoms with Crippen LogP contribution in [0.4, 0.5) is 0 Å². The normalized spacial score (nSPS) is 21.2. The molecular formula is C13H14N4S. The summed E-state index contributed by atoms with van der Waals surface area (Å²) < 4.78 is 1.92. The fourth-order valence-corrected chi connectivity index (χ4v) is 3.68. The van der Waals surface area contributed by atoms with E-state index < -0.39 is 0 Å². The zero-order valence-electron chi connectivity index (χ0n) is 9.97. The van der Waals surface area contributed by atoms with Gasteiger partial charge in [0.15, 0.2) is 0 Å². The molecule has 4 rings (SSSR count). The maximum Gasteiger partial charge on any atom is 0.209 e. The highest BCUT2D eigenvalue weighted by Crippen LogP contribution is 2.31. The van der Waals surface area contributed by atoms with Gasteiger partial charge in [0.05, 0.1) is 6.04 Å². The highest BCUT2D eigenvalue weighted by atomic mass is 32.2. The number of nitrogens with zero attached hydrogens (tertiary/aromatic N) is 3. The number of rotatable bonds is 1. The monoisotopic (exact) mass is 258 g/mol. The number of fused-ring (bicyclic) bond motifs is 2. The SMILES string of the molecule is c1cc2c(cc1C1CSc3nncn3N1)CCC2. The summed E-state index contributed by atoms with van der Waals surface area (Å²) in [4.78, 5) is 0. The molecule has 1 aliphatic carbocycles. The van der Waals surface area contributed by atoms with E-state index in [-0.39, 0.29) is 0 Å².